The van der Waals surface area contributed by atoms with E-state index in [4.69, 9.17) is 10.5 Å². The fraction of sp³-hybridized carbons (Fsp3) is 0.278. The maximum Gasteiger partial charge on any atom is 0.143 e. The van der Waals surface area contributed by atoms with E-state index in [1.807, 2.05) is 36.4 Å². The van der Waals surface area contributed by atoms with Gasteiger partial charge in [-0.2, -0.15) is 0 Å². The van der Waals surface area contributed by atoms with Gasteiger partial charge in [-0.15, -0.1) is 0 Å². The summed E-state index contributed by atoms with van der Waals surface area (Å²) in [5.74, 6) is 0.936. The van der Waals surface area contributed by atoms with Crippen LogP contribution in [-0.4, -0.2) is 18.4 Å². The average molecular weight is 296 g/mol. The molecule has 0 saturated carbocycles. The van der Waals surface area contributed by atoms with Crippen molar-refractivity contribution in [3.8, 4) is 5.75 Å². The van der Waals surface area contributed by atoms with Crippen LogP contribution < -0.4 is 15.4 Å². The molecule has 4 heteroatoms. The third-order valence-corrected chi connectivity index (χ3v) is 3.77. The number of hydrogen-bond acceptors (Lipinski definition) is 4. The highest BCUT2D eigenvalue weighted by Crippen LogP contribution is 2.36. The van der Waals surface area contributed by atoms with Gasteiger partial charge in [-0.05, 0) is 30.7 Å². The maximum atomic E-state index is 11.4. The molecule has 0 aliphatic carbocycles. The van der Waals surface area contributed by atoms with Crippen molar-refractivity contribution >= 4 is 17.2 Å². The summed E-state index contributed by atoms with van der Waals surface area (Å²) in [6, 6.07) is 15.9. The Balaban J connectivity index is 1.89. The third kappa shape index (κ3) is 3.22. The summed E-state index contributed by atoms with van der Waals surface area (Å²) >= 11 is 0. The molecule has 0 spiro atoms. The fourth-order valence-corrected chi connectivity index (χ4v) is 2.82. The molecule has 0 saturated heterocycles. The van der Waals surface area contributed by atoms with Crippen LogP contribution >= 0.6 is 0 Å². The average Bonchev–Trinajstić information content (AvgIpc) is 2.48. The van der Waals surface area contributed by atoms with Crippen molar-refractivity contribution < 1.29 is 9.53 Å². The van der Waals surface area contributed by atoms with Gasteiger partial charge in [-0.3, -0.25) is 4.79 Å². The van der Waals surface area contributed by atoms with E-state index < -0.39 is 0 Å². The minimum absolute atomic E-state index is 0.114. The Morgan fingerprint density at radius 1 is 1.27 bits per heavy atom. The molecule has 0 fully saturated rings. The molecule has 0 aromatic heterocycles. The zero-order chi connectivity index (χ0) is 15.5. The van der Waals surface area contributed by atoms with Gasteiger partial charge in [-0.25, -0.2) is 0 Å². The lowest BCUT2D eigenvalue weighted by molar-refractivity contribution is -0.118. The fourth-order valence-electron chi connectivity index (χ4n) is 2.82. The van der Waals surface area contributed by atoms with Gasteiger partial charge in [0.1, 0.15) is 17.6 Å². The van der Waals surface area contributed by atoms with E-state index in [1.54, 1.807) is 6.92 Å². The van der Waals surface area contributed by atoms with Crippen molar-refractivity contribution in [1.29, 1.82) is 0 Å². The second kappa shape index (κ2) is 6.10. The number of nitrogens with two attached hydrogens (primary N) is 1. The lowest BCUT2D eigenvalue weighted by Crippen LogP contribution is -2.40. The number of Topliss-reactive ketones (excluding diaryl/α,β-unsaturated/α-hetero) is 1. The van der Waals surface area contributed by atoms with E-state index in [2.05, 4.69) is 17.0 Å². The summed E-state index contributed by atoms with van der Waals surface area (Å²) in [6.45, 7) is 3.06. The van der Waals surface area contributed by atoms with Crippen LogP contribution in [0, 0.1) is 0 Å². The van der Waals surface area contributed by atoms with Gasteiger partial charge in [0, 0.05) is 18.7 Å². The van der Waals surface area contributed by atoms with Crippen LogP contribution in [-0.2, 0) is 11.3 Å². The number of anilines is 2. The van der Waals surface area contributed by atoms with Crippen molar-refractivity contribution in [3.05, 3.63) is 54.1 Å². The Morgan fingerprint density at radius 2 is 2.05 bits per heavy atom. The summed E-state index contributed by atoms with van der Waals surface area (Å²) in [4.78, 5) is 13.7. The van der Waals surface area contributed by atoms with Crippen LogP contribution in [0.5, 0.6) is 5.75 Å². The van der Waals surface area contributed by atoms with Gasteiger partial charge in [0.15, 0.2) is 0 Å². The maximum absolute atomic E-state index is 11.4. The third-order valence-electron chi connectivity index (χ3n) is 3.77. The molecule has 0 bridgehead atoms. The minimum Gasteiger partial charge on any atom is -0.486 e. The van der Waals surface area contributed by atoms with Crippen LogP contribution in [0.15, 0.2) is 48.5 Å². The molecule has 0 amide bonds. The normalized spacial score (nSPS) is 16.8. The first-order valence-corrected chi connectivity index (χ1v) is 7.46. The van der Waals surface area contributed by atoms with Gasteiger partial charge in [0.2, 0.25) is 0 Å². The van der Waals surface area contributed by atoms with E-state index in [-0.39, 0.29) is 11.9 Å². The number of benzene rings is 2. The first-order valence-electron chi connectivity index (χ1n) is 7.46. The Labute approximate surface area is 130 Å². The van der Waals surface area contributed by atoms with Crippen LogP contribution in [0.4, 0.5) is 11.4 Å². The van der Waals surface area contributed by atoms with Gasteiger partial charge in [0.05, 0.1) is 12.2 Å². The van der Waals surface area contributed by atoms with E-state index in [1.165, 1.54) is 5.56 Å². The minimum atomic E-state index is -0.114. The van der Waals surface area contributed by atoms with E-state index >= 15 is 0 Å². The van der Waals surface area contributed by atoms with Gasteiger partial charge in [0.25, 0.3) is 0 Å². The summed E-state index contributed by atoms with van der Waals surface area (Å²) in [5.41, 5.74) is 8.84. The highest BCUT2D eigenvalue weighted by Gasteiger charge is 2.26. The molecule has 1 atom stereocenters. The molecule has 4 nitrogen and oxygen atoms in total. The Hall–Kier alpha value is -2.49. The molecule has 2 aromatic carbocycles. The van der Waals surface area contributed by atoms with Gasteiger partial charge >= 0.3 is 0 Å². The van der Waals surface area contributed by atoms with Crippen LogP contribution in [0.25, 0.3) is 0 Å². The van der Waals surface area contributed by atoms with Crippen molar-refractivity contribution in [2.75, 3.05) is 17.2 Å². The molecule has 2 N–H and O–H groups in total. The van der Waals surface area contributed by atoms with E-state index in [0.717, 1.165) is 18.0 Å². The van der Waals surface area contributed by atoms with E-state index in [9.17, 15) is 4.79 Å². The first kappa shape index (κ1) is 14.4. The molecule has 2 aromatic rings. The van der Waals surface area contributed by atoms with Crippen molar-refractivity contribution in [2.45, 2.75) is 26.0 Å². The number of hydrogen-bond donors (Lipinski definition) is 1. The molecule has 114 valence electrons. The zero-order valence-electron chi connectivity index (χ0n) is 12.7. The Morgan fingerprint density at radius 3 is 2.77 bits per heavy atom. The second-order valence-electron chi connectivity index (χ2n) is 5.74. The lowest BCUT2D eigenvalue weighted by Gasteiger charge is -2.36. The standard InChI is InChI=1S/C18H20N2O2/c1-13(21)9-16-12-20(11-14-5-3-2-4-6-14)17-10-15(19)7-8-18(17)22-16/h2-8,10,16H,9,11-12,19H2,1H3. The molecule has 1 aliphatic rings. The zero-order valence-corrected chi connectivity index (χ0v) is 12.7. The molecule has 1 unspecified atom stereocenters. The summed E-state index contributed by atoms with van der Waals surface area (Å²) in [5, 5.41) is 0. The van der Waals surface area contributed by atoms with Crippen molar-refractivity contribution in [1.82, 2.24) is 0 Å². The largest absolute Gasteiger partial charge is 0.486 e. The number of nitrogens with zero attached hydrogens (tertiary/aromatic N) is 1. The SMILES string of the molecule is CC(=O)CC1CN(Cc2ccccc2)c2cc(N)ccc2O1. The predicted octanol–water partition coefficient (Wildman–Crippen LogP) is 3.02. The summed E-state index contributed by atoms with van der Waals surface area (Å²) in [6.07, 6.45) is 0.312. The number of carbonyl (C=O) groups is 1. The van der Waals surface area contributed by atoms with Crippen LogP contribution in [0.3, 0.4) is 0 Å². The highest BCUT2D eigenvalue weighted by atomic mass is 16.5. The van der Waals surface area contributed by atoms with Crippen molar-refractivity contribution in [3.63, 3.8) is 0 Å². The number of rotatable bonds is 4. The summed E-state index contributed by atoms with van der Waals surface area (Å²) < 4.78 is 5.95. The smallest absolute Gasteiger partial charge is 0.143 e. The Bertz CT molecular complexity index is 670. The number of ether oxygens (including phenoxy) is 1. The number of nitrogen functional groups attached to an aromatic ring is 1. The van der Waals surface area contributed by atoms with Crippen molar-refractivity contribution in [2.24, 2.45) is 0 Å². The number of carbonyl (C=O) groups excluding carboxylic acids is 1. The quantitative estimate of drug-likeness (QED) is 0.881. The lowest BCUT2D eigenvalue weighted by atomic mass is 10.1. The molecule has 22 heavy (non-hydrogen) atoms. The monoisotopic (exact) mass is 296 g/mol. The molecule has 1 aliphatic heterocycles. The second-order valence-corrected chi connectivity index (χ2v) is 5.74. The van der Waals surface area contributed by atoms with Gasteiger partial charge in [-0.1, -0.05) is 30.3 Å². The molecule has 1 heterocycles. The van der Waals surface area contributed by atoms with Crippen LogP contribution in [0.2, 0.25) is 0 Å². The Kier molecular flexibility index (Phi) is 4.00. The number of ketones is 1. The van der Waals surface area contributed by atoms with Crippen LogP contribution in [0.1, 0.15) is 18.9 Å². The van der Waals surface area contributed by atoms with E-state index in [0.29, 0.717) is 18.7 Å². The first-order chi connectivity index (χ1) is 10.6. The summed E-state index contributed by atoms with van der Waals surface area (Å²) in [7, 11) is 0. The molecule has 3 rings (SSSR count). The molecular formula is C18H20N2O2. The van der Waals surface area contributed by atoms with Gasteiger partial charge < -0.3 is 15.4 Å². The topological polar surface area (TPSA) is 55.6 Å². The highest BCUT2D eigenvalue weighted by molar-refractivity contribution is 5.76. The number of fused-ring (bicyclic) bond motifs is 1. The predicted molar refractivity (Wildman–Crippen MR) is 88.1 cm³/mol. The molecular weight excluding hydrogens is 276 g/mol. The molecule has 0 radical (unpaired) electrons.